The molecule has 0 atom stereocenters. The number of carbonyl (C=O) groups excluding carboxylic acids is 1. The first-order chi connectivity index (χ1) is 9.81. The second kappa shape index (κ2) is 5.26. The van der Waals surface area contributed by atoms with E-state index in [0.717, 1.165) is 22.4 Å². The molecule has 1 aromatic rings. The molecule has 0 N–H and O–H groups in total. The van der Waals surface area contributed by atoms with Crippen molar-refractivity contribution in [2.24, 2.45) is 0 Å². The first kappa shape index (κ1) is 17.3. The van der Waals surface area contributed by atoms with E-state index >= 15 is 0 Å². The van der Waals surface area contributed by atoms with Gasteiger partial charge in [0.15, 0.2) is 5.78 Å². The molecule has 0 radical (unpaired) electrons. The van der Waals surface area contributed by atoms with Gasteiger partial charge < -0.3 is 4.74 Å². The van der Waals surface area contributed by atoms with Gasteiger partial charge in [-0.2, -0.15) is 0 Å². The summed E-state index contributed by atoms with van der Waals surface area (Å²) in [5, 5.41) is 0. The number of alkyl halides is 1. The summed E-state index contributed by atoms with van der Waals surface area (Å²) < 4.78 is 5.97. The van der Waals surface area contributed by atoms with E-state index in [-0.39, 0.29) is 16.6 Å². The Hall–Kier alpha value is -1.02. The lowest BCUT2D eigenvalue weighted by atomic mass is 9.78. The van der Waals surface area contributed by atoms with E-state index < -0.39 is 4.87 Å². The molecule has 22 heavy (non-hydrogen) atoms. The molecule has 2 rings (SSSR count). The van der Waals surface area contributed by atoms with Crippen LogP contribution < -0.4 is 4.74 Å². The molecule has 2 nitrogen and oxygen atoms in total. The Balaban J connectivity index is 2.57. The zero-order valence-electron chi connectivity index (χ0n) is 14.8. The molecule has 1 aliphatic rings. The summed E-state index contributed by atoms with van der Waals surface area (Å²) in [7, 11) is 0. The lowest BCUT2D eigenvalue weighted by Crippen LogP contribution is -2.20. The molecule has 0 unspecified atom stereocenters. The summed E-state index contributed by atoms with van der Waals surface area (Å²) in [4.78, 5) is 12.1. The number of rotatable bonds is 3. The second-order valence-corrected chi connectivity index (χ2v) is 9.66. The third-order valence-corrected chi connectivity index (χ3v) is 4.24. The number of ether oxygens (including phenoxy) is 1. The minimum atomic E-state index is -0.524. The molecular formula is C19H27ClO2. The van der Waals surface area contributed by atoms with Crippen molar-refractivity contribution in [3.05, 3.63) is 28.8 Å². The number of fused-ring (bicyclic) bond motifs is 1. The van der Waals surface area contributed by atoms with Crippen LogP contribution in [0.25, 0.3) is 0 Å². The van der Waals surface area contributed by atoms with Gasteiger partial charge in [0.25, 0.3) is 0 Å². The Morgan fingerprint density at radius 1 is 1.23 bits per heavy atom. The van der Waals surface area contributed by atoms with E-state index in [1.807, 2.05) is 26.0 Å². The monoisotopic (exact) mass is 322 g/mol. The second-order valence-electron chi connectivity index (χ2n) is 8.64. The van der Waals surface area contributed by atoms with E-state index in [1.54, 1.807) is 0 Å². The number of hydrogen-bond donors (Lipinski definition) is 0. The third kappa shape index (κ3) is 3.48. The number of ketones is 1. The van der Waals surface area contributed by atoms with Crippen LogP contribution in [-0.2, 0) is 10.8 Å². The number of halogens is 1. The van der Waals surface area contributed by atoms with Crippen LogP contribution >= 0.6 is 11.6 Å². The van der Waals surface area contributed by atoms with Gasteiger partial charge in [-0.15, -0.1) is 11.6 Å². The quantitative estimate of drug-likeness (QED) is 0.561. The summed E-state index contributed by atoms with van der Waals surface area (Å²) in [5.74, 6) is 1.05. The highest BCUT2D eigenvalue weighted by atomic mass is 35.5. The number of benzene rings is 1. The molecule has 0 saturated heterocycles. The van der Waals surface area contributed by atoms with Gasteiger partial charge in [0.2, 0.25) is 0 Å². The van der Waals surface area contributed by atoms with Crippen LogP contribution in [0.3, 0.4) is 0 Å². The maximum atomic E-state index is 12.6. The van der Waals surface area contributed by atoms with Crippen LogP contribution in [0.1, 0.15) is 76.4 Å². The fourth-order valence-electron chi connectivity index (χ4n) is 2.82. The highest BCUT2D eigenvalue weighted by Gasteiger charge is 2.37. The average Bonchev–Trinajstić information content (AvgIpc) is 2.61. The number of hydrogen-bond acceptors (Lipinski definition) is 2. The Bertz CT molecular complexity index is 601. The van der Waals surface area contributed by atoms with Crippen molar-refractivity contribution in [3.8, 4) is 5.75 Å². The van der Waals surface area contributed by atoms with E-state index in [9.17, 15) is 4.79 Å². The Labute approximate surface area is 139 Å². The van der Waals surface area contributed by atoms with E-state index in [2.05, 4.69) is 34.6 Å². The van der Waals surface area contributed by atoms with Gasteiger partial charge >= 0.3 is 0 Å². The van der Waals surface area contributed by atoms with Crippen molar-refractivity contribution in [1.82, 2.24) is 0 Å². The summed E-state index contributed by atoms with van der Waals surface area (Å²) >= 11 is 6.24. The summed E-state index contributed by atoms with van der Waals surface area (Å²) in [6, 6.07) is 3.99. The zero-order valence-corrected chi connectivity index (χ0v) is 15.5. The minimum absolute atomic E-state index is 0.0674. The first-order valence-corrected chi connectivity index (χ1v) is 8.23. The van der Waals surface area contributed by atoms with Gasteiger partial charge in [0.05, 0.1) is 6.61 Å². The first-order valence-electron chi connectivity index (χ1n) is 7.85. The van der Waals surface area contributed by atoms with Crippen molar-refractivity contribution < 1.29 is 9.53 Å². The molecule has 122 valence electrons. The molecule has 0 bridgehead atoms. The molecule has 0 aromatic heterocycles. The maximum absolute atomic E-state index is 12.6. The van der Waals surface area contributed by atoms with Gasteiger partial charge in [0.1, 0.15) is 5.75 Å². The fraction of sp³-hybridized carbons (Fsp3) is 0.632. The summed E-state index contributed by atoms with van der Waals surface area (Å²) in [6.07, 6.45) is 0.332. The van der Waals surface area contributed by atoms with E-state index in [4.69, 9.17) is 16.3 Å². The predicted molar refractivity (Wildman–Crippen MR) is 92.5 cm³/mol. The van der Waals surface area contributed by atoms with Crippen LogP contribution in [0.5, 0.6) is 5.75 Å². The highest BCUT2D eigenvalue weighted by Crippen LogP contribution is 2.45. The Morgan fingerprint density at radius 3 is 2.32 bits per heavy atom. The van der Waals surface area contributed by atoms with E-state index in [1.165, 1.54) is 0 Å². The maximum Gasteiger partial charge on any atom is 0.164 e. The van der Waals surface area contributed by atoms with Gasteiger partial charge in [-0.05, 0) is 31.4 Å². The van der Waals surface area contributed by atoms with Crippen LogP contribution in [0.4, 0.5) is 0 Å². The number of Topliss-reactive ketones (excluding diaryl/α,β-unsaturated/α-hetero) is 1. The molecule has 0 saturated carbocycles. The SMILES string of the molecule is CC(C)(Cl)CC(=O)c1cc(C(C)(C)C)c2c(c1)C(C)(C)CO2. The molecule has 1 heterocycles. The van der Waals surface area contributed by atoms with Crippen molar-refractivity contribution in [1.29, 1.82) is 0 Å². The van der Waals surface area contributed by atoms with Crippen LogP contribution in [0.2, 0.25) is 0 Å². The smallest absolute Gasteiger partial charge is 0.164 e. The Kier molecular flexibility index (Phi) is 4.15. The average molecular weight is 323 g/mol. The minimum Gasteiger partial charge on any atom is -0.492 e. The summed E-state index contributed by atoms with van der Waals surface area (Å²) in [5.41, 5.74) is 2.84. The Morgan fingerprint density at radius 2 is 1.82 bits per heavy atom. The zero-order chi connectivity index (χ0) is 16.9. The molecule has 0 amide bonds. The lowest BCUT2D eigenvalue weighted by molar-refractivity contribution is 0.0972. The van der Waals surface area contributed by atoms with Gasteiger partial charge in [-0.1, -0.05) is 34.6 Å². The van der Waals surface area contributed by atoms with Crippen LogP contribution in [0, 0.1) is 0 Å². The van der Waals surface area contributed by atoms with Crippen molar-refractivity contribution in [2.45, 2.75) is 70.6 Å². The molecule has 3 heteroatoms. The highest BCUT2D eigenvalue weighted by molar-refractivity contribution is 6.25. The van der Waals surface area contributed by atoms with E-state index in [0.29, 0.717) is 13.0 Å². The standard InChI is InChI=1S/C19H27ClO2/c1-17(2,3)13-8-12(15(21)10-19(6,7)20)9-14-16(13)22-11-18(14,4)5/h8-9H,10-11H2,1-7H3. The molecule has 1 aromatic carbocycles. The van der Waals surface area contributed by atoms with Crippen LogP contribution in [-0.4, -0.2) is 17.3 Å². The topological polar surface area (TPSA) is 26.3 Å². The van der Waals surface area contributed by atoms with Gasteiger partial charge in [0, 0.05) is 33.4 Å². The lowest BCUT2D eigenvalue weighted by Gasteiger charge is -2.24. The third-order valence-electron chi connectivity index (χ3n) is 4.11. The normalized spacial score (nSPS) is 17.1. The largest absolute Gasteiger partial charge is 0.492 e. The molecule has 1 aliphatic heterocycles. The van der Waals surface area contributed by atoms with Crippen LogP contribution in [0.15, 0.2) is 12.1 Å². The number of carbonyl (C=O) groups is 1. The van der Waals surface area contributed by atoms with Crippen molar-refractivity contribution in [3.63, 3.8) is 0 Å². The fourth-order valence-corrected chi connectivity index (χ4v) is 2.94. The van der Waals surface area contributed by atoms with Gasteiger partial charge in [-0.25, -0.2) is 0 Å². The van der Waals surface area contributed by atoms with Crippen molar-refractivity contribution in [2.75, 3.05) is 6.61 Å². The van der Waals surface area contributed by atoms with Gasteiger partial charge in [-0.3, -0.25) is 4.79 Å². The molecule has 0 fully saturated rings. The molecular weight excluding hydrogens is 296 g/mol. The predicted octanol–water partition coefficient (Wildman–Crippen LogP) is 5.24. The van der Waals surface area contributed by atoms with Crippen molar-refractivity contribution >= 4 is 17.4 Å². The molecule has 0 spiro atoms. The summed E-state index contributed by atoms with van der Waals surface area (Å²) in [6.45, 7) is 15.2. The molecule has 0 aliphatic carbocycles.